The fourth-order valence-corrected chi connectivity index (χ4v) is 3.33. The van der Waals surface area contributed by atoms with E-state index in [4.69, 9.17) is 4.74 Å². The summed E-state index contributed by atoms with van der Waals surface area (Å²) < 4.78 is 7.04. The van der Waals surface area contributed by atoms with Gasteiger partial charge in [0.25, 0.3) is 5.56 Å². The van der Waals surface area contributed by atoms with Gasteiger partial charge in [-0.2, -0.15) is 10.1 Å². The SMILES string of the molecule is CN(CC(C)(C)CN1CCOCC1)c1nc2c(cnn2C)c(=O)[nH]1. The Morgan fingerprint density at radius 3 is 2.79 bits per heavy atom. The van der Waals surface area contributed by atoms with Crippen LogP contribution in [0, 0.1) is 5.41 Å². The lowest BCUT2D eigenvalue weighted by Crippen LogP contribution is -2.45. The number of morpholine rings is 1. The van der Waals surface area contributed by atoms with Gasteiger partial charge < -0.3 is 9.64 Å². The molecule has 24 heavy (non-hydrogen) atoms. The van der Waals surface area contributed by atoms with E-state index >= 15 is 0 Å². The minimum absolute atomic E-state index is 0.0616. The Bertz CT molecular complexity index is 760. The summed E-state index contributed by atoms with van der Waals surface area (Å²) in [6, 6.07) is 0. The molecule has 1 aliphatic heterocycles. The van der Waals surface area contributed by atoms with Gasteiger partial charge in [-0.3, -0.25) is 19.4 Å². The summed E-state index contributed by atoms with van der Waals surface area (Å²) >= 11 is 0. The Morgan fingerprint density at radius 2 is 2.08 bits per heavy atom. The van der Waals surface area contributed by atoms with Crippen molar-refractivity contribution in [2.24, 2.45) is 12.5 Å². The molecule has 0 spiro atoms. The number of hydrogen-bond acceptors (Lipinski definition) is 6. The van der Waals surface area contributed by atoms with Crippen molar-refractivity contribution in [3.05, 3.63) is 16.6 Å². The maximum absolute atomic E-state index is 12.2. The van der Waals surface area contributed by atoms with Crippen LogP contribution in [0.3, 0.4) is 0 Å². The smallest absolute Gasteiger partial charge is 0.263 e. The van der Waals surface area contributed by atoms with E-state index in [2.05, 4.69) is 33.8 Å². The Labute approximate surface area is 141 Å². The summed E-state index contributed by atoms with van der Waals surface area (Å²) in [7, 11) is 3.75. The van der Waals surface area contributed by atoms with Crippen LogP contribution >= 0.6 is 0 Å². The molecule has 0 saturated carbocycles. The van der Waals surface area contributed by atoms with Gasteiger partial charge in [0.15, 0.2) is 5.65 Å². The highest BCUT2D eigenvalue weighted by Gasteiger charge is 2.26. The molecular weight excluding hydrogens is 308 g/mol. The molecule has 3 heterocycles. The fraction of sp³-hybridized carbons (Fsp3) is 0.688. The maximum atomic E-state index is 12.2. The van der Waals surface area contributed by atoms with Crippen molar-refractivity contribution < 1.29 is 4.74 Å². The van der Waals surface area contributed by atoms with E-state index in [-0.39, 0.29) is 11.0 Å². The molecule has 0 unspecified atom stereocenters. The first-order valence-electron chi connectivity index (χ1n) is 8.29. The summed E-state index contributed by atoms with van der Waals surface area (Å²) in [5.74, 6) is 0.575. The Morgan fingerprint density at radius 1 is 1.38 bits per heavy atom. The number of H-pyrrole nitrogens is 1. The van der Waals surface area contributed by atoms with Crippen molar-refractivity contribution in [1.82, 2.24) is 24.6 Å². The van der Waals surface area contributed by atoms with Crippen molar-refractivity contribution in [3.63, 3.8) is 0 Å². The number of aromatic nitrogens is 4. The van der Waals surface area contributed by atoms with Gasteiger partial charge in [0.2, 0.25) is 5.95 Å². The van der Waals surface area contributed by atoms with E-state index < -0.39 is 0 Å². The number of nitrogens with one attached hydrogen (secondary N) is 1. The fourth-order valence-electron chi connectivity index (χ4n) is 3.33. The molecule has 2 aromatic heterocycles. The van der Waals surface area contributed by atoms with Crippen LogP contribution in [0.2, 0.25) is 0 Å². The lowest BCUT2D eigenvalue weighted by molar-refractivity contribution is 0.0223. The predicted octanol–water partition coefficient (Wildman–Crippen LogP) is 0.451. The molecule has 0 amide bonds. The number of aryl methyl sites for hydroxylation is 1. The van der Waals surface area contributed by atoms with E-state index in [1.165, 1.54) is 0 Å². The molecule has 1 saturated heterocycles. The van der Waals surface area contributed by atoms with Crippen molar-refractivity contribution in [2.75, 3.05) is 51.3 Å². The zero-order valence-electron chi connectivity index (χ0n) is 14.9. The molecule has 1 aliphatic rings. The largest absolute Gasteiger partial charge is 0.379 e. The highest BCUT2D eigenvalue weighted by molar-refractivity contribution is 5.74. The van der Waals surface area contributed by atoms with Gasteiger partial charge in [-0.1, -0.05) is 13.8 Å². The minimum atomic E-state index is -0.152. The molecule has 8 nitrogen and oxygen atoms in total. The highest BCUT2D eigenvalue weighted by atomic mass is 16.5. The van der Waals surface area contributed by atoms with Gasteiger partial charge in [-0.15, -0.1) is 0 Å². The Kier molecular flexibility index (Phi) is 4.60. The minimum Gasteiger partial charge on any atom is -0.379 e. The van der Waals surface area contributed by atoms with E-state index in [0.29, 0.717) is 17.0 Å². The summed E-state index contributed by atoms with van der Waals surface area (Å²) in [6.45, 7) is 9.80. The molecule has 0 aliphatic carbocycles. The molecule has 1 fully saturated rings. The predicted molar refractivity (Wildman–Crippen MR) is 93.4 cm³/mol. The van der Waals surface area contributed by atoms with Gasteiger partial charge in [-0.25, -0.2) is 0 Å². The molecule has 132 valence electrons. The highest BCUT2D eigenvalue weighted by Crippen LogP contribution is 2.21. The van der Waals surface area contributed by atoms with Crippen LogP contribution in [0.15, 0.2) is 11.0 Å². The molecule has 0 radical (unpaired) electrons. The van der Waals surface area contributed by atoms with Crippen molar-refractivity contribution in [1.29, 1.82) is 0 Å². The molecular formula is C16H26N6O2. The average Bonchev–Trinajstić information content (AvgIpc) is 2.89. The van der Waals surface area contributed by atoms with E-state index in [1.54, 1.807) is 17.9 Å². The van der Waals surface area contributed by atoms with Gasteiger partial charge in [-0.05, 0) is 5.41 Å². The molecule has 1 N–H and O–H groups in total. The van der Waals surface area contributed by atoms with Crippen molar-refractivity contribution in [2.45, 2.75) is 13.8 Å². The second kappa shape index (κ2) is 6.52. The number of nitrogens with zero attached hydrogens (tertiary/aromatic N) is 5. The van der Waals surface area contributed by atoms with Gasteiger partial charge >= 0.3 is 0 Å². The lowest BCUT2D eigenvalue weighted by Gasteiger charge is -2.37. The topological polar surface area (TPSA) is 79.3 Å². The first kappa shape index (κ1) is 16.9. The van der Waals surface area contributed by atoms with Crippen molar-refractivity contribution in [3.8, 4) is 0 Å². The molecule has 0 atom stereocenters. The molecule has 3 rings (SSSR count). The molecule has 0 aromatic carbocycles. The van der Waals surface area contributed by atoms with E-state index in [1.807, 2.05) is 11.9 Å². The number of ether oxygens (including phenoxy) is 1. The zero-order chi connectivity index (χ0) is 17.3. The Hall–Kier alpha value is -1.93. The standard InChI is InChI=1S/C16H26N6O2/c1-16(2,11-22-5-7-24-8-6-22)10-20(3)15-18-13-12(14(23)19-15)9-17-21(13)4/h9H,5-8,10-11H2,1-4H3,(H,18,19,23). The van der Waals surface area contributed by atoms with Crippen LogP contribution in [-0.4, -0.2) is 71.1 Å². The van der Waals surface area contributed by atoms with Gasteiger partial charge in [0.1, 0.15) is 5.39 Å². The molecule has 0 bridgehead atoms. The third-order valence-electron chi connectivity index (χ3n) is 4.37. The number of hydrogen-bond donors (Lipinski definition) is 1. The van der Waals surface area contributed by atoms with Crippen LogP contribution in [0.1, 0.15) is 13.8 Å². The number of aromatic amines is 1. The van der Waals surface area contributed by atoms with E-state index in [0.717, 1.165) is 39.4 Å². The lowest BCUT2D eigenvalue weighted by atomic mass is 9.92. The summed E-state index contributed by atoms with van der Waals surface area (Å²) in [5.41, 5.74) is 0.513. The number of fused-ring (bicyclic) bond motifs is 1. The first-order chi connectivity index (χ1) is 11.4. The Balaban J connectivity index is 1.74. The zero-order valence-corrected chi connectivity index (χ0v) is 14.9. The first-order valence-corrected chi connectivity index (χ1v) is 8.29. The van der Waals surface area contributed by atoms with E-state index in [9.17, 15) is 4.79 Å². The quantitative estimate of drug-likeness (QED) is 0.855. The van der Waals surface area contributed by atoms with Crippen LogP contribution in [0.4, 0.5) is 5.95 Å². The molecule has 8 heteroatoms. The van der Waals surface area contributed by atoms with Crippen LogP contribution in [-0.2, 0) is 11.8 Å². The van der Waals surface area contributed by atoms with Crippen LogP contribution < -0.4 is 10.5 Å². The van der Waals surface area contributed by atoms with Gasteiger partial charge in [0, 0.05) is 40.3 Å². The van der Waals surface area contributed by atoms with Crippen LogP contribution in [0.25, 0.3) is 11.0 Å². The van der Waals surface area contributed by atoms with Crippen LogP contribution in [0.5, 0.6) is 0 Å². The number of anilines is 1. The number of rotatable bonds is 5. The second-order valence-electron chi connectivity index (χ2n) is 7.30. The molecule has 2 aromatic rings. The third kappa shape index (κ3) is 3.59. The summed E-state index contributed by atoms with van der Waals surface area (Å²) in [5, 5.41) is 4.62. The van der Waals surface area contributed by atoms with Crippen molar-refractivity contribution >= 4 is 17.0 Å². The van der Waals surface area contributed by atoms with Gasteiger partial charge in [0.05, 0.1) is 19.4 Å². The average molecular weight is 334 g/mol. The normalized spacial score (nSPS) is 16.7. The third-order valence-corrected chi connectivity index (χ3v) is 4.37. The second-order valence-corrected chi connectivity index (χ2v) is 7.30. The monoisotopic (exact) mass is 334 g/mol. The summed E-state index contributed by atoms with van der Waals surface area (Å²) in [4.78, 5) is 24.1. The maximum Gasteiger partial charge on any atom is 0.263 e. The summed E-state index contributed by atoms with van der Waals surface area (Å²) in [6.07, 6.45) is 1.55.